The normalized spacial score (nSPS) is 17.5. The molecule has 29 heavy (non-hydrogen) atoms. The quantitative estimate of drug-likeness (QED) is 0.680. The molecule has 0 bridgehead atoms. The number of hydrogen-bond acceptors (Lipinski definition) is 3. The molecule has 1 aliphatic heterocycles. The lowest BCUT2D eigenvalue weighted by molar-refractivity contribution is -0.126. The van der Waals surface area contributed by atoms with Crippen molar-refractivity contribution in [3.05, 3.63) is 78.4 Å². The summed E-state index contributed by atoms with van der Waals surface area (Å²) in [6.45, 7) is 0.750. The molecule has 0 radical (unpaired) electrons. The van der Waals surface area contributed by atoms with E-state index in [0.717, 1.165) is 22.0 Å². The summed E-state index contributed by atoms with van der Waals surface area (Å²) in [4.78, 5) is 26.5. The highest BCUT2D eigenvalue weighted by molar-refractivity contribution is 6.00. The number of carbonyl (C=O) groups excluding carboxylic acids is 2. The number of amides is 2. The molecule has 0 aliphatic carbocycles. The van der Waals surface area contributed by atoms with Crippen LogP contribution in [0.1, 0.15) is 24.5 Å². The van der Waals surface area contributed by atoms with Crippen LogP contribution >= 0.6 is 0 Å². The molecule has 5 nitrogen and oxygen atoms in total. The van der Waals surface area contributed by atoms with Crippen LogP contribution in [0.2, 0.25) is 0 Å². The van der Waals surface area contributed by atoms with Crippen LogP contribution in [-0.4, -0.2) is 30.0 Å². The average molecular weight is 388 g/mol. The second-order valence-corrected chi connectivity index (χ2v) is 7.40. The van der Waals surface area contributed by atoms with E-state index in [1.165, 1.54) is 0 Å². The van der Waals surface area contributed by atoms with Crippen molar-refractivity contribution in [2.24, 2.45) is 5.92 Å². The molecule has 148 valence electrons. The van der Waals surface area contributed by atoms with E-state index in [1.807, 2.05) is 72.8 Å². The smallest absolute Gasteiger partial charge is 0.227 e. The number of aliphatic hydroxyl groups excluding tert-OH is 1. The van der Waals surface area contributed by atoms with Crippen molar-refractivity contribution in [3.63, 3.8) is 0 Å². The van der Waals surface area contributed by atoms with Crippen molar-refractivity contribution in [2.45, 2.75) is 18.9 Å². The van der Waals surface area contributed by atoms with Crippen molar-refractivity contribution in [1.29, 1.82) is 0 Å². The molecule has 0 saturated carbocycles. The summed E-state index contributed by atoms with van der Waals surface area (Å²) in [5, 5.41) is 15.6. The number of fused-ring (bicyclic) bond motifs is 1. The number of rotatable bonds is 6. The number of benzene rings is 3. The fourth-order valence-corrected chi connectivity index (χ4v) is 3.91. The lowest BCUT2D eigenvalue weighted by Crippen LogP contribution is -2.34. The predicted molar refractivity (Wildman–Crippen MR) is 113 cm³/mol. The Morgan fingerprint density at radius 3 is 2.59 bits per heavy atom. The van der Waals surface area contributed by atoms with E-state index in [2.05, 4.69) is 5.32 Å². The number of hydrogen-bond donors (Lipinski definition) is 2. The summed E-state index contributed by atoms with van der Waals surface area (Å²) < 4.78 is 0. The molecule has 1 aliphatic rings. The van der Waals surface area contributed by atoms with E-state index in [0.29, 0.717) is 19.5 Å². The van der Waals surface area contributed by atoms with Crippen molar-refractivity contribution in [2.75, 3.05) is 18.0 Å². The Morgan fingerprint density at radius 1 is 1.03 bits per heavy atom. The second-order valence-electron chi connectivity index (χ2n) is 7.40. The fraction of sp³-hybridized carbons (Fsp3) is 0.250. The van der Waals surface area contributed by atoms with Gasteiger partial charge in [-0.25, -0.2) is 0 Å². The third-order valence-corrected chi connectivity index (χ3v) is 5.46. The van der Waals surface area contributed by atoms with Crippen LogP contribution in [-0.2, 0) is 9.59 Å². The van der Waals surface area contributed by atoms with Gasteiger partial charge in [0.15, 0.2) is 0 Å². The van der Waals surface area contributed by atoms with Crippen molar-refractivity contribution >= 4 is 28.3 Å². The van der Waals surface area contributed by atoms with Gasteiger partial charge in [0.05, 0.1) is 12.0 Å². The summed E-state index contributed by atoms with van der Waals surface area (Å²) in [5.74, 6) is -0.536. The van der Waals surface area contributed by atoms with Gasteiger partial charge < -0.3 is 15.3 Å². The van der Waals surface area contributed by atoms with Crippen LogP contribution < -0.4 is 10.2 Å². The van der Waals surface area contributed by atoms with Gasteiger partial charge in [-0.1, -0.05) is 60.7 Å². The van der Waals surface area contributed by atoms with Crippen LogP contribution in [0, 0.1) is 5.92 Å². The number of anilines is 1. The van der Waals surface area contributed by atoms with E-state index >= 15 is 0 Å². The van der Waals surface area contributed by atoms with Gasteiger partial charge in [0.2, 0.25) is 11.8 Å². The Kier molecular flexibility index (Phi) is 5.58. The predicted octanol–water partition coefficient (Wildman–Crippen LogP) is 3.43. The van der Waals surface area contributed by atoms with E-state index in [1.54, 1.807) is 4.90 Å². The molecule has 2 unspecified atom stereocenters. The molecule has 1 fully saturated rings. The lowest BCUT2D eigenvalue weighted by atomic mass is 9.98. The zero-order valence-electron chi connectivity index (χ0n) is 16.1. The van der Waals surface area contributed by atoms with Crippen LogP contribution in [0.3, 0.4) is 0 Å². The molecule has 3 aromatic rings. The first-order chi connectivity index (χ1) is 14.1. The van der Waals surface area contributed by atoms with Gasteiger partial charge in [-0.3, -0.25) is 9.59 Å². The third-order valence-electron chi connectivity index (χ3n) is 5.46. The van der Waals surface area contributed by atoms with Crippen LogP contribution in [0.4, 0.5) is 5.69 Å². The molecule has 3 aromatic carbocycles. The SMILES string of the molecule is O=C(NCCC(O)c1cccc2ccccc12)C1CC(=O)N(c2ccccc2)C1. The summed E-state index contributed by atoms with van der Waals surface area (Å²) >= 11 is 0. The molecule has 2 amide bonds. The van der Waals surface area contributed by atoms with Gasteiger partial charge in [-0.2, -0.15) is 0 Å². The standard InChI is InChI=1S/C24H24N2O3/c27-22(21-12-6-8-17-7-4-5-11-20(17)21)13-14-25-24(29)18-15-23(28)26(16-18)19-9-2-1-3-10-19/h1-12,18,22,27H,13-16H2,(H,25,29). The second kappa shape index (κ2) is 8.45. The number of nitrogens with one attached hydrogen (secondary N) is 1. The largest absolute Gasteiger partial charge is 0.388 e. The maximum absolute atomic E-state index is 12.5. The van der Waals surface area contributed by atoms with Crippen molar-refractivity contribution in [1.82, 2.24) is 5.32 Å². The van der Waals surface area contributed by atoms with E-state index in [-0.39, 0.29) is 24.2 Å². The van der Waals surface area contributed by atoms with Gasteiger partial charge in [0.1, 0.15) is 0 Å². The minimum Gasteiger partial charge on any atom is -0.388 e. The van der Waals surface area contributed by atoms with Gasteiger partial charge in [-0.05, 0) is 34.9 Å². The third kappa shape index (κ3) is 4.15. The maximum Gasteiger partial charge on any atom is 0.227 e. The highest BCUT2D eigenvalue weighted by Gasteiger charge is 2.34. The number of nitrogens with zero attached hydrogens (tertiary/aromatic N) is 1. The highest BCUT2D eigenvalue weighted by atomic mass is 16.3. The number of para-hydroxylation sites is 1. The van der Waals surface area contributed by atoms with Gasteiger partial charge in [-0.15, -0.1) is 0 Å². The average Bonchev–Trinajstić information content (AvgIpc) is 3.15. The summed E-state index contributed by atoms with van der Waals surface area (Å²) in [6, 6.07) is 23.2. The Morgan fingerprint density at radius 2 is 1.76 bits per heavy atom. The summed E-state index contributed by atoms with van der Waals surface area (Å²) in [5.41, 5.74) is 1.68. The van der Waals surface area contributed by atoms with Crippen molar-refractivity contribution in [3.8, 4) is 0 Å². The minimum absolute atomic E-state index is 0.0351. The molecule has 4 rings (SSSR count). The first-order valence-corrected chi connectivity index (χ1v) is 9.92. The Bertz CT molecular complexity index is 1010. The molecular weight excluding hydrogens is 364 g/mol. The molecular formula is C24H24N2O3. The van der Waals surface area contributed by atoms with Crippen molar-refractivity contribution < 1.29 is 14.7 Å². The number of aliphatic hydroxyl groups is 1. The molecule has 0 aromatic heterocycles. The molecule has 2 atom stereocenters. The monoisotopic (exact) mass is 388 g/mol. The van der Waals surface area contributed by atoms with Crippen LogP contribution in [0.15, 0.2) is 72.8 Å². The molecule has 2 N–H and O–H groups in total. The Labute approximate surface area is 170 Å². The highest BCUT2D eigenvalue weighted by Crippen LogP contribution is 2.27. The summed E-state index contributed by atoms with van der Waals surface area (Å²) in [7, 11) is 0. The van der Waals surface area contributed by atoms with Crippen LogP contribution in [0.5, 0.6) is 0 Å². The van der Waals surface area contributed by atoms with Gasteiger partial charge >= 0.3 is 0 Å². The van der Waals surface area contributed by atoms with Gasteiger partial charge in [0.25, 0.3) is 0 Å². The maximum atomic E-state index is 12.5. The first kappa shape index (κ1) is 19.2. The van der Waals surface area contributed by atoms with Gasteiger partial charge in [0, 0.05) is 25.2 Å². The first-order valence-electron chi connectivity index (χ1n) is 9.92. The fourth-order valence-electron chi connectivity index (χ4n) is 3.91. The molecule has 0 spiro atoms. The molecule has 5 heteroatoms. The molecule has 1 saturated heterocycles. The van der Waals surface area contributed by atoms with E-state index in [9.17, 15) is 14.7 Å². The van der Waals surface area contributed by atoms with Crippen LogP contribution in [0.25, 0.3) is 10.8 Å². The topological polar surface area (TPSA) is 69.6 Å². The lowest BCUT2D eigenvalue weighted by Gasteiger charge is -2.17. The molecule has 1 heterocycles. The summed E-state index contributed by atoms with van der Waals surface area (Å²) in [6.07, 6.45) is -0.0254. The Hall–Kier alpha value is -3.18. The minimum atomic E-state index is -0.660. The Balaban J connectivity index is 1.33. The van der Waals surface area contributed by atoms with E-state index in [4.69, 9.17) is 0 Å². The van der Waals surface area contributed by atoms with E-state index < -0.39 is 6.10 Å². The zero-order valence-corrected chi connectivity index (χ0v) is 16.1. The zero-order chi connectivity index (χ0) is 20.2. The number of carbonyl (C=O) groups is 2.